The van der Waals surface area contributed by atoms with Crippen LogP contribution in [-0.4, -0.2) is 17.5 Å². The van der Waals surface area contributed by atoms with Gasteiger partial charge in [0.2, 0.25) is 0 Å². The number of carbonyl (C=O) groups is 1. The summed E-state index contributed by atoms with van der Waals surface area (Å²) in [4.78, 5) is 14.4. The average Bonchev–Trinajstić information content (AvgIpc) is 3.00. The van der Waals surface area contributed by atoms with Crippen molar-refractivity contribution >= 4 is 46.5 Å². The van der Waals surface area contributed by atoms with Crippen LogP contribution in [0.15, 0.2) is 42.5 Å². The van der Waals surface area contributed by atoms with Gasteiger partial charge in [-0.25, -0.2) is 4.79 Å². The standard InChI is InChI=1S/C17H15Cl3N2O/c18-11-7-8-15(14(20)10-11)21-17(23)22-9-3-6-16(22)12-4-1-2-5-13(12)19/h1-2,4-5,7-8,10,16H,3,6,9H2,(H,21,23). The van der Waals surface area contributed by atoms with Crippen LogP contribution < -0.4 is 5.32 Å². The Labute approximate surface area is 150 Å². The van der Waals surface area contributed by atoms with Crippen LogP contribution in [0.25, 0.3) is 0 Å². The molecule has 1 heterocycles. The van der Waals surface area contributed by atoms with E-state index < -0.39 is 0 Å². The van der Waals surface area contributed by atoms with Gasteiger partial charge in [-0.2, -0.15) is 0 Å². The Hall–Kier alpha value is -1.42. The van der Waals surface area contributed by atoms with Crippen LogP contribution in [0.1, 0.15) is 24.4 Å². The van der Waals surface area contributed by atoms with Crippen LogP contribution in [0, 0.1) is 0 Å². The van der Waals surface area contributed by atoms with E-state index in [-0.39, 0.29) is 12.1 Å². The molecule has 0 saturated carbocycles. The lowest BCUT2D eigenvalue weighted by molar-refractivity contribution is 0.207. The average molecular weight is 370 g/mol. The molecule has 1 atom stereocenters. The molecule has 2 aromatic carbocycles. The number of benzene rings is 2. The number of anilines is 1. The molecule has 2 amide bonds. The Morgan fingerprint density at radius 2 is 1.87 bits per heavy atom. The first-order valence-corrected chi connectivity index (χ1v) is 8.47. The second-order valence-electron chi connectivity index (χ2n) is 5.43. The summed E-state index contributed by atoms with van der Waals surface area (Å²) in [6.45, 7) is 0.687. The van der Waals surface area contributed by atoms with Crippen molar-refractivity contribution in [2.75, 3.05) is 11.9 Å². The fourth-order valence-corrected chi connectivity index (χ4v) is 3.57. The van der Waals surface area contributed by atoms with E-state index in [9.17, 15) is 4.79 Å². The number of halogens is 3. The van der Waals surface area contributed by atoms with E-state index in [1.807, 2.05) is 24.3 Å². The molecule has 1 N–H and O–H groups in total. The van der Waals surface area contributed by atoms with Gasteiger partial charge in [-0.05, 0) is 42.7 Å². The van der Waals surface area contributed by atoms with Crippen molar-refractivity contribution in [3.05, 3.63) is 63.1 Å². The number of likely N-dealkylation sites (tertiary alicyclic amines) is 1. The van der Waals surface area contributed by atoms with Crippen LogP contribution in [0.2, 0.25) is 15.1 Å². The molecule has 1 unspecified atom stereocenters. The highest BCUT2D eigenvalue weighted by Gasteiger charge is 2.31. The third-order valence-electron chi connectivity index (χ3n) is 3.95. The first kappa shape index (κ1) is 16.4. The molecule has 120 valence electrons. The monoisotopic (exact) mass is 368 g/mol. The number of nitrogens with zero attached hydrogens (tertiary/aromatic N) is 1. The molecule has 0 spiro atoms. The van der Waals surface area contributed by atoms with Gasteiger partial charge in [0.25, 0.3) is 0 Å². The molecule has 1 aliphatic rings. The Bertz CT molecular complexity index is 736. The highest BCUT2D eigenvalue weighted by Crippen LogP contribution is 2.36. The molecular formula is C17H15Cl3N2O. The maximum Gasteiger partial charge on any atom is 0.322 e. The maximum atomic E-state index is 12.6. The van der Waals surface area contributed by atoms with Gasteiger partial charge in [0.05, 0.1) is 16.8 Å². The minimum absolute atomic E-state index is 0.0187. The van der Waals surface area contributed by atoms with Crippen molar-refractivity contribution in [2.45, 2.75) is 18.9 Å². The number of rotatable bonds is 2. The predicted octanol–water partition coefficient (Wildman–Crippen LogP) is 6.02. The molecule has 6 heteroatoms. The summed E-state index contributed by atoms with van der Waals surface area (Å²) in [5.41, 5.74) is 1.52. The third-order valence-corrected chi connectivity index (χ3v) is 4.84. The summed E-state index contributed by atoms with van der Waals surface area (Å²) >= 11 is 18.3. The summed E-state index contributed by atoms with van der Waals surface area (Å²) < 4.78 is 0. The second-order valence-corrected chi connectivity index (χ2v) is 6.68. The SMILES string of the molecule is O=C(Nc1ccc(Cl)cc1Cl)N1CCCC1c1ccccc1Cl. The highest BCUT2D eigenvalue weighted by atomic mass is 35.5. The Morgan fingerprint density at radius 3 is 2.61 bits per heavy atom. The van der Waals surface area contributed by atoms with E-state index >= 15 is 0 Å². The van der Waals surface area contributed by atoms with Crippen molar-refractivity contribution in [3.63, 3.8) is 0 Å². The zero-order chi connectivity index (χ0) is 16.4. The lowest BCUT2D eigenvalue weighted by Crippen LogP contribution is -2.34. The van der Waals surface area contributed by atoms with Crippen molar-refractivity contribution in [1.29, 1.82) is 0 Å². The first-order valence-electron chi connectivity index (χ1n) is 7.33. The van der Waals surface area contributed by atoms with Crippen LogP contribution in [0.3, 0.4) is 0 Å². The zero-order valence-corrected chi connectivity index (χ0v) is 14.5. The lowest BCUT2D eigenvalue weighted by atomic mass is 10.0. The van der Waals surface area contributed by atoms with E-state index in [0.29, 0.717) is 27.3 Å². The minimum Gasteiger partial charge on any atom is -0.317 e. The molecular weight excluding hydrogens is 355 g/mol. The maximum absolute atomic E-state index is 12.6. The zero-order valence-electron chi connectivity index (χ0n) is 12.2. The van der Waals surface area contributed by atoms with Gasteiger partial charge in [-0.1, -0.05) is 53.0 Å². The van der Waals surface area contributed by atoms with Gasteiger partial charge < -0.3 is 10.2 Å². The number of hydrogen-bond donors (Lipinski definition) is 1. The largest absolute Gasteiger partial charge is 0.322 e. The lowest BCUT2D eigenvalue weighted by Gasteiger charge is -2.26. The highest BCUT2D eigenvalue weighted by molar-refractivity contribution is 6.36. The number of urea groups is 1. The smallest absolute Gasteiger partial charge is 0.317 e. The fraction of sp³-hybridized carbons (Fsp3) is 0.235. The molecule has 1 saturated heterocycles. The molecule has 1 aliphatic heterocycles. The van der Waals surface area contributed by atoms with E-state index in [4.69, 9.17) is 34.8 Å². The number of nitrogens with one attached hydrogen (secondary N) is 1. The number of carbonyl (C=O) groups excluding carboxylic acids is 1. The quantitative estimate of drug-likeness (QED) is 0.690. The molecule has 1 fully saturated rings. The Balaban J connectivity index is 1.80. The van der Waals surface area contributed by atoms with E-state index in [1.54, 1.807) is 23.1 Å². The molecule has 0 aliphatic carbocycles. The van der Waals surface area contributed by atoms with Crippen LogP contribution in [0.5, 0.6) is 0 Å². The fourth-order valence-electron chi connectivity index (χ4n) is 2.86. The second kappa shape index (κ2) is 7.00. The van der Waals surface area contributed by atoms with Crippen LogP contribution >= 0.6 is 34.8 Å². The van der Waals surface area contributed by atoms with Gasteiger partial charge in [0, 0.05) is 16.6 Å². The number of hydrogen-bond acceptors (Lipinski definition) is 1. The van der Waals surface area contributed by atoms with E-state index in [2.05, 4.69) is 5.32 Å². The number of amides is 2. The van der Waals surface area contributed by atoms with Crippen molar-refractivity contribution in [3.8, 4) is 0 Å². The predicted molar refractivity (Wildman–Crippen MR) is 95.6 cm³/mol. The molecule has 3 nitrogen and oxygen atoms in total. The van der Waals surface area contributed by atoms with Crippen LogP contribution in [0.4, 0.5) is 10.5 Å². The molecule has 3 rings (SSSR count). The Morgan fingerprint density at radius 1 is 1.09 bits per heavy atom. The summed E-state index contributed by atoms with van der Waals surface area (Å²) in [6, 6.07) is 12.4. The first-order chi connectivity index (χ1) is 11.1. The summed E-state index contributed by atoms with van der Waals surface area (Å²) in [5.74, 6) is 0. The molecule has 0 radical (unpaired) electrons. The molecule has 2 aromatic rings. The van der Waals surface area contributed by atoms with Gasteiger partial charge in [0.1, 0.15) is 0 Å². The van der Waals surface area contributed by atoms with E-state index in [0.717, 1.165) is 18.4 Å². The van der Waals surface area contributed by atoms with Gasteiger partial charge in [-0.15, -0.1) is 0 Å². The van der Waals surface area contributed by atoms with E-state index in [1.165, 1.54) is 0 Å². The molecule has 0 aromatic heterocycles. The van der Waals surface area contributed by atoms with Crippen LogP contribution in [-0.2, 0) is 0 Å². The van der Waals surface area contributed by atoms with Crippen molar-refractivity contribution in [2.24, 2.45) is 0 Å². The molecule has 23 heavy (non-hydrogen) atoms. The topological polar surface area (TPSA) is 32.3 Å². The summed E-state index contributed by atoms with van der Waals surface area (Å²) in [7, 11) is 0. The van der Waals surface area contributed by atoms with Gasteiger partial charge in [0.15, 0.2) is 0 Å². The van der Waals surface area contributed by atoms with Crippen molar-refractivity contribution in [1.82, 2.24) is 4.90 Å². The normalized spacial score (nSPS) is 17.3. The van der Waals surface area contributed by atoms with Crippen molar-refractivity contribution < 1.29 is 4.79 Å². The summed E-state index contributed by atoms with van der Waals surface area (Å²) in [5, 5.41) is 4.48. The van der Waals surface area contributed by atoms with Gasteiger partial charge >= 0.3 is 6.03 Å². The Kier molecular flexibility index (Phi) is 5.00. The summed E-state index contributed by atoms with van der Waals surface area (Å²) in [6.07, 6.45) is 1.84. The molecule has 0 bridgehead atoms. The minimum atomic E-state index is -0.184. The van der Waals surface area contributed by atoms with Gasteiger partial charge in [-0.3, -0.25) is 0 Å². The third kappa shape index (κ3) is 3.57.